The number of carbonyl (C=O) groups excluding carboxylic acids is 1. The van der Waals surface area contributed by atoms with Crippen molar-refractivity contribution in [2.24, 2.45) is 0 Å². The van der Waals surface area contributed by atoms with Gasteiger partial charge in [0.15, 0.2) is 0 Å². The summed E-state index contributed by atoms with van der Waals surface area (Å²) in [4.78, 5) is 23.6. The topological polar surface area (TPSA) is 51.1 Å². The molecule has 0 bridgehead atoms. The Morgan fingerprint density at radius 2 is 1.87 bits per heavy atom. The van der Waals surface area contributed by atoms with E-state index in [4.69, 9.17) is 0 Å². The smallest absolute Gasteiger partial charge is 0.324 e. The summed E-state index contributed by atoms with van der Waals surface area (Å²) in [5, 5.41) is 2.61. The predicted octanol–water partition coefficient (Wildman–Crippen LogP) is 3.12. The average molecular weight is 324 g/mol. The summed E-state index contributed by atoms with van der Waals surface area (Å²) in [6, 6.07) is 6.82. The Kier molecular flexibility index (Phi) is 4.58. The zero-order chi connectivity index (χ0) is 17.2. The second-order valence-corrected chi connectivity index (χ2v) is 5.18. The highest BCUT2D eigenvalue weighted by Gasteiger charge is 2.31. The molecule has 23 heavy (non-hydrogen) atoms. The Hall–Kier alpha value is -2.57. The van der Waals surface area contributed by atoms with E-state index in [9.17, 15) is 22.8 Å². The van der Waals surface area contributed by atoms with Crippen molar-refractivity contribution in [3.8, 4) is 0 Å². The number of nitrogens with one attached hydrogen (secondary N) is 1. The Balaban J connectivity index is 2.20. The second kappa shape index (κ2) is 6.28. The molecule has 1 N–H and O–H groups in total. The maximum atomic E-state index is 12.7. The van der Waals surface area contributed by atoms with Gasteiger partial charge in [-0.3, -0.25) is 9.59 Å². The minimum Gasteiger partial charge on any atom is -0.324 e. The number of anilines is 1. The predicted molar refractivity (Wildman–Crippen MR) is 80.2 cm³/mol. The maximum absolute atomic E-state index is 12.7. The number of hydrogen-bond donors (Lipinski definition) is 1. The quantitative estimate of drug-likeness (QED) is 0.943. The lowest BCUT2D eigenvalue weighted by Gasteiger charge is -2.12. The second-order valence-electron chi connectivity index (χ2n) is 5.18. The van der Waals surface area contributed by atoms with E-state index in [0.29, 0.717) is 18.0 Å². The van der Waals surface area contributed by atoms with Crippen LogP contribution in [0.2, 0.25) is 0 Å². The van der Waals surface area contributed by atoms with Gasteiger partial charge in [0.2, 0.25) is 5.91 Å². The molecule has 0 aliphatic rings. The molecule has 0 atom stereocenters. The summed E-state index contributed by atoms with van der Waals surface area (Å²) >= 11 is 0. The van der Waals surface area contributed by atoms with Crippen molar-refractivity contribution in [3.05, 3.63) is 63.6 Å². The number of carbonyl (C=O) groups is 1. The largest absolute Gasteiger partial charge is 0.417 e. The normalized spacial score (nSPS) is 11.3. The van der Waals surface area contributed by atoms with Crippen LogP contribution in [-0.4, -0.2) is 10.5 Å². The molecule has 7 heteroatoms. The summed E-state index contributed by atoms with van der Waals surface area (Å²) in [6.07, 6.45) is -3.93. The van der Waals surface area contributed by atoms with Crippen LogP contribution in [0.4, 0.5) is 18.9 Å². The van der Waals surface area contributed by atoms with Gasteiger partial charge in [-0.15, -0.1) is 0 Å². The standard InChI is InChI=1S/C16H15F3N2O2/c1-10-4-3-5-13(11(10)2)20-14(22)9-21-8-12(16(17,18)19)6-7-15(21)23/h3-8H,9H2,1-2H3,(H,20,22). The third kappa shape index (κ3) is 4.00. The van der Waals surface area contributed by atoms with E-state index in [1.54, 1.807) is 12.1 Å². The molecule has 1 heterocycles. The monoisotopic (exact) mass is 324 g/mol. The first-order chi connectivity index (χ1) is 10.7. The third-order valence-corrected chi connectivity index (χ3v) is 3.50. The molecule has 2 rings (SSSR count). The number of pyridine rings is 1. The molecule has 1 aromatic carbocycles. The number of nitrogens with zero attached hydrogens (tertiary/aromatic N) is 1. The van der Waals surface area contributed by atoms with E-state index in [0.717, 1.165) is 21.8 Å². The van der Waals surface area contributed by atoms with E-state index in [2.05, 4.69) is 5.32 Å². The lowest BCUT2D eigenvalue weighted by Crippen LogP contribution is -2.28. The van der Waals surface area contributed by atoms with Crippen LogP contribution in [-0.2, 0) is 17.5 Å². The van der Waals surface area contributed by atoms with E-state index >= 15 is 0 Å². The molecule has 122 valence electrons. The minimum absolute atomic E-state index is 0.490. The SMILES string of the molecule is Cc1cccc(NC(=O)Cn2cc(C(F)(F)F)ccc2=O)c1C. The molecule has 4 nitrogen and oxygen atoms in total. The summed E-state index contributed by atoms with van der Waals surface area (Å²) in [5.41, 5.74) is 0.747. The Bertz CT molecular complexity index is 795. The molecule has 1 amide bonds. The van der Waals surface area contributed by atoms with E-state index < -0.39 is 29.8 Å². The van der Waals surface area contributed by atoms with Crippen LogP contribution in [0.25, 0.3) is 0 Å². The van der Waals surface area contributed by atoms with Crippen molar-refractivity contribution in [1.82, 2.24) is 4.57 Å². The maximum Gasteiger partial charge on any atom is 0.417 e. The number of amides is 1. The summed E-state index contributed by atoms with van der Waals surface area (Å²) in [6.45, 7) is 3.21. The Morgan fingerprint density at radius 1 is 1.17 bits per heavy atom. The molecule has 2 aromatic rings. The number of aromatic nitrogens is 1. The van der Waals surface area contributed by atoms with Crippen molar-refractivity contribution in [1.29, 1.82) is 0 Å². The summed E-state index contributed by atoms with van der Waals surface area (Å²) in [5.74, 6) is -0.569. The van der Waals surface area contributed by atoms with Gasteiger partial charge in [-0.25, -0.2) is 0 Å². The fraction of sp³-hybridized carbons (Fsp3) is 0.250. The first-order valence-corrected chi connectivity index (χ1v) is 6.82. The van der Waals surface area contributed by atoms with Crippen LogP contribution in [0.3, 0.4) is 0 Å². The van der Waals surface area contributed by atoms with Gasteiger partial charge in [0.05, 0.1) is 5.56 Å². The number of benzene rings is 1. The average Bonchev–Trinajstić information content (AvgIpc) is 2.45. The molecule has 0 aliphatic heterocycles. The fourth-order valence-corrected chi connectivity index (χ4v) is 2.05. The van der Waals surface area contributed by atoms with Crippen LogP contribution >= 0.6 is 0 Å². The van der Waals surface area contributed by atoms with Crippen molar-refractivity contribution >= 4 is 11.6 Å². The zero-order valence-corrected chi connectivity index (χ0v) is 12.6. The van der Waals surface area contributed by atoms with Gasteiger partial charge in [0.1, 0.15) is 6.54 Å². The highest BCUT2D eigenvalue weighted by molar-refractivity contribution is 5.91. The van der Waals surface area contributed by atoms with E-state index in [1.807, 2.05) is 19.9 Å². The van der Waals surface area contributed by atoms with Crippen LogP contribution in [0.5, 0.6) is 0 Å². The van der Waals surface area contributed by atoms with Crippen molar-refractivity contribution < 1.29 is 18.0 Å². The van der Waals surface area contributed by atoms with Gasteiger partial charge >= 0.3 is 6.18 Å². The first kappa shape index (κ1) is 16.8. The van der Waals surface area contributed by atoms with Crippen LogP contribution in [0.15, 0.2) is 41.3 Å². The van der Waals surface area contributed by atoms with Crippen molar-refractivity contribution in [2.75, 3.05) is 5.32 Å². The van der Waals surface area contributed by atoms with Gasteiger partial charge in [0, 0.05) is 18.0 Å². The lowest BCUT2D eigenvalue weighted by molar-refractivity contribution is -0.138. The number of halogens is 3. The molecule has 0 aliphatic carbocycles. The molecule has 0 fully saturated rings. The highest BCUT2D eigenvalue weighted by atomic mass is 19.4. The minimum atomic E-state index is -4.57. The summed E-state index contributed by atoms with van der Waals surface area (Å²) in [7, 11) is 0. The molecule has 0 spiro atoms. The third-order valence-electron chi connectivity index (χ3n) is 3.50. The lowest BCUT2D eigenvalue weighted by atomic mass is 10.1. The number of aryl methyl sites for hydroxylation is 1. The van der Waals surface area contributed by atoms with Gasteiger partial charge in [-0.2, -0.15) is 13.2 Å². The molecule has 0 radical (unpaired) electrons. The first-order valence-electron chi connectivity index (χ1n) is 6.82. The molecule has 1 aromatic heterocycles. The number of rotatable bonds is 3. The van der Waals surface area contributed by atoms with Gasteiger partial charge in [-0.1, -0.05) is 12.1 Å². The Labute approximate surface area is 130 Å². The number of alkyl halides is 3. The van der Waals surface area contributed by atoms with Crippen LogP contribution in [0.1, 0.15) is 16.7 Å². The van der Waals surface area contributed by atoms with Gasteiger partial charge < -0.3 is 9.88 Å². The van der Waals surface area contributed by atoms with Gasteiger partial charge in [0.25, 0.3) is 5.56 Å². The molecule has 0 unspecified atom stereocenters. The molecule has 0 saturated carbocycles. The van der Waals surface area contributed by atoms with E-state index in [-0.39, 0.29) is 0 Å². The van der Waals surface area contributed by atoms with Gasteiger partial charge in [-0.05, 0) is 37.1 Å². The molecular weight excluding hydrogens is 309 g/mol. The molecule has 0 saturated heterocycles. The van der Waals surface area contributed by atoms with Crippen molar-refractivity contribution in [2.45, 2.75) is 26.6 Å². The van der Waals surface area contributed by atoms with Crippen LogP contribution in [0, 0.1) is 13.8 Å². The number of hydrogen-bond acceptors (Lipinski definition) is 2. The van der Waals surface area contributed by atoms with E-state index in [1.165, 1.54) is 0 Å². The Morgan fingerprint density at radius 3 is 2.52 bits per heavy atom. The fourth-order valence-electron chi connectivity index (χ4n) is 2.05. The highest BCUT2D eigenvalue weighted by Crippen LogP contribution is 2.28. The zero-order valence-electron chi connectivity index (χ0n) is 12.6. The summed E-state index contributed by atoms with van der Waals surface area (Å²) < 4.78 is 38.7. The molecular formula is C16H15F3N2O2. The van der Waals surface area contributed by atoms with Crippen LogP contribution < -0.4 is 10.9 Å². The van der Waals surface area contributed by atoms with Crippen molar-refractivity contribution in [3.63, 3.8) is 0 Å².